The molecule has 4 rings (SSSR count). The van der Waals surface area contributed by atoms with Gasteiger partial charge in [0.25, 0.3) is 0 Å². The van der Waals surface area contributed by atoms with Gasteiger partial charge in [-0.25, -0.2) is 0 Å². The minimum atomic E-state index is 0.0359. The standard InChI is InChI=1S/C32H40/c1-9-10-19-32(8,22-13-11-12-14-22)29-27-20-23(30(2,3)4)15-17-25(27)26-18-16-24(21-28(26)29)31(5,6)7/h9,11,13-18,20-21,29H,1,10,12,19H2,2-8H3. The third kappa shape index (κ3) is 3.83. The van der Waals surface area contributed by atoms with E-state index < -0.39 is 0 Å². The summed E-state index contributed by atoms with van der Waals surface area (Å²) in [6.07, 6.45) is 12.4. The lowest BCUT2D eigenvalue weighted by Crippen LogP contribution is -2.28. The molecule has 0 saturated heterocycles. The Morgan fingerprint density at radius 3 is 1.78 bits per heavy atom. The SMILES string of the molecule is C=CCCC(C)(C1=CCC=C1)C1c2cc(C(C)(C)C)ccc2-c2ccc(C(C)(C)C)cc21. The molecule has 2 aliphatic carbocycles. The van der Waals surface area contributed by atoms with Crippen LogP contribution in [-0.4, -0.2) is 0 Å². The van der Waals surface area contributed by atoms with Crippen LogP contribution in [0.5, 0.6) is 0 Å². The molecule has 168 valence electrons. The summed E-state index contributed by atoms with van der Waals surface area (Å²) >= 11 is 0. The van der Waals surface area contributed by atoms with Gasteiger partial charge in [-0.3, -0.25) is 0 Å². The predicted octanol–water partition coefficient (Wildman–Crippen LogP) is 9.25. The van der Waals surface area contributed by atoms with Gasteiger partial charge in [0.1, 0.15) is 0 Å². The summed E-state index contributed by atoms with van der Waals surface area (Å²) in [6.45, 7) is 20.5. The van der Waals surface area contributed by atoms with Crippen molar-refractivity contribution in [3.8, 4) is 11.1 Å². The first kappa shape index (κ1) is 22.8. The highest BCUT2D eigenvalue weighted by Crippen LogP contribution is 2.58. The van der Waals surface area contributed by atoms with Crippen molar-refractivity contribution in [2.75, 3.05) is 0 Å². The van der Waals surface area contributed by atoms with E-state index in [1.807, 2.05) is 0 Å². The van der Waals surface area contributed by atoms with Crippen molar-refractivity contribution in [2.24, 2.45) is 5.41 Å². The van der Waals surface area contributed by atoms with Gasteiger partial charge in [0.05, 0.1) is 0 Å². The Labute approximate surface area is 196 Å². The normalized spacial score (nSPS) is 17.7. The fourth-order valence-corrected chi connectivity index (χ4v) is 5.62. The second kappa shape index (κ2) is 7.91. The number of fused-ring (bicyclic) bond motifs is 3. The highest BCUT2D eigenvalue weighted by molar-refractivity contribution is 5.81. The van der Waals surface area contributed by atoms with Gasteiger partial charge in [-0.15, -0.1) is 6.58 Å². The molecular weight excluding hydrogens is 384 g/mol. The molecule has 0 heterocycles. The van der Waals surface area contributed by atoms with E-state index in [0.29, 0.717) is 5.92 Å². The first-order valence-electron chi connectivity index (χ1n) is 12.2. The molecule has 0 N–H and O–H groups in total. The number of hydrogen-bond acceptors (Lipinski definition) is 0. The van der Waals surface area contributed by atoms with E-state index in [9.17, 15) is 0 Å². The predicted molar refractivity (Wildman–Crippen MR) is 140 cm³/mol. The zero-order valence-electron chi connectivity index (χ0n) is 21.2. The van der Waals surface area contributed by atoms with Crippen molar-refractivity contribution in [1.29, 1.82) is 0 Å². The molecule has 0 heteroatoms. The Balaban J connectivity index is 1.99. The Bertz CT molecular complexity index is 1030. The van der Waals surface area contributed by atoms with Gasteiger partial charge < -0.3 is 0 Å². The molecule has 0 amide bonds. The van der Waals surface area contributed by atoms with E-state index in [4.69, 9.17) is 0 Å². The summed E-state index contributed by atoms with van der Waals surface area (Å²) in [4.78, 5) is 0. The van der Waals surface area contributed by atoms with E-state index in [0.717, 1.165) is 19.3 Å². The van der Waals surface area contributed by atoms with Gasteiger partial charge in [-0.2, -0.15) is 0 Å². The average molecular weight is 425 g/mol. The number of allylic oxidation sites excluding steroid dienone is 5. The largest absolute Gasteiger partial charge is 0.103 e. The Morgan fingerprint density at radius 2 is 1.38 bits per heavy atom. The molecule has 0 fully saturated rings. The molecule has 2 aliphatic rings. The van der Waals surface area contributed by atoms with Crippen LogP contribution in [0.4, 0.5) is 0 Å². The van der Waals surface area contributed by atoms with Crippen LogP contribution in [0.15, 0.2) is 72.9 Å². The van der Waals surface area contributed by atoms with Crippen LogP contribution in [0.25, 0.3) is 11.1 Å². The van der Waals surface area contributed by atoms with Crippen LogP contribution in [0.3, 0.4) is 0 Å². The van der Waals surface area contributed by atoms with Crippen molar-refractivity contribution in [3.63, 3.8) is 0 Å². The quantitative estimate of drug-likeness (QED) is 0.419. The molecule has 0 radical (unpaired) electrons. The maximum absolute atomic E-state index is 4.06. The molecule has 0 aromatic heterocycles. The lowest BCUT2D eigenvalue weighted by atomic mass is 9.64. The smallest absolute Gasteiger partial charge is 0.0196 e. The molecule has 2 aromatic rings. The Kier molecular flexibility index (Phi) is 5.64. The summed E-state index contributed by atoms with van der Waals surface area (Å²) in [5.41, 5.74) is 10.5. The fraction of sp³-hybridized carbons (Fsp3) is 0.438. The summed E-state index contributed by atoms with van der Waals surface area (Å²) in [6, 6.07) is 14.5. The zero-order chi connectivity index (χ0) is 23.3. The molecule has 32 heavy (non-hydrogen) atoms. The maximum atomic E-state index is 4.06. The molecule has 1 unspecified atom stereocenters. The maximum Gasteiger partial charge on any atom is 0.0196 e. The van der Waals surface area contributed by atoms with E-state index in [-0.39, 0.29) is 16.2 Å². The molecule has 0 saturated carbocycles. The van der Waals surface area contributed by atoms with Gasteiger partial charge in [0, 0.05) is 11.3 Å². The summed E-state index contributed by atoms with van der Waals surface area (Å²) in [5.74, 6) is 0.353. The summed E-state index contributed by atoms with van der Waals surface area (Å²) < 4.78 is 0. The fourth-order valence-electron chi connectivity index (χ4n) is 5.62. The Hall–Kier alpha value is -2.34. The first-order chi connectivity index (χ1) is 15.0. The van der Waals surface area contributed by atoms with Crippen molar-refractivity contribution >= 4 is 0 Å². The van der Waals surface area contributed by atoms with Gasteiger partial charge >= 0.3 is 0 Å². The summed E-state index contributed by atoms with van der Waals surface area (Å²) in [7, 11) is 0. The Morgan fingerprint density at radius 1 is 0.844 bits per heavy atom. The van der Waals surface area contributed by atoms with E-state index in [1.54, 1.807) is 0 Å². The van der Waals surface area contributed by atoms with Crippen LogP contribution >= 0.6 is 0 Å². The lowest BCUT2D eigenvalue weighted by Gasteiger charge is -2.39. The van der Waals surface area contributed by atoms with E-state index in [1.165, 1.54) is 39.0 Å². The van der Waals surface area contributed by atoms with Crippen molar-refractivity contribution in [2.45, 2.75) is 84.5 Å². The number of benzene rings is 2. The zero-order valence-corrected chi connectivity index (χ0v) is 21.2. The third-order valence-electron chi connectivity index (χ3n) is 7.68. The van der Waals surface area contributed by atoms with Crippen LogP contribution in [0.1, 0.15) is 95.9 Å². The van der Waals surface area contributed by atoms with Crippen LogP contribution < -0.4 is 0 Å². The van der Waals surface area contributed by atoms with Gasteiger partial charge in [0.15, 0.2) is 0 Å². The molecular formula is C32H40. The van der Waals surface area contributed by atoms with E-state index in [2.05, 4.69) is 116 Å². The van der Waals surface area contributed by atoms with Gasteiger partial charge in [-0.05, 0) is 69.0 Å². The summed E-state index contributed by atoms with van der Waals surface area (Å²) in [5, 5.41) is 0. The monoisotopic (exact) mass is 424 g/mol. The minimum absolute atomic E-state index is 0.0359. The van der Waals surface area contributed by atoms with Gasteiger partial charge in [-0.1, -0.05) is 109 Å². The molecule has 2 aromatic carbocycles. The molecule has 0 aliphatic heterocycles. The lowest BCUT2D eigenvalue weighted by molar-refractivity contribution is 0.332. The van der Waals surface area contributed by atoms with Crippen molar-refractivity contribution in [3.05, 3.63) is 95.1 Å². The highest BCUT2D eigenvalue weighted by atomic mass is 14.5. The van der Waals surface area contributed by atoms with Crippen molar-refractivity contribution in [1.82, 2.24) is 0 Å². The van der Waals surface area contributed by atoms with E-state index >= 15 is 0 Å². The molecule has 0 bridgehead atoms. The second-order valence-corrected chi connectivity index (χ2v) is 12.1. The van der Waals surface area contributed by atoms with Crippen LogP contribution in [0, 0.1) is 5.41 Å². The topological polar surface area (TPSA) is 0 Å². The second-order valence-electron chi connectivity index (χ2n) is 12.1. The highest BCUT2D eigenvalue weighted by Gasteiger charge is 2.44. The first-order valence-corrected chi connectivity index (χ1v) is 12.2. The number of rotatable bonds is 5. The van der Waals surface area contributed by atoms with Gasteiger partial charge in [0.2, 0.25) is 0 Å². The van der Waals surface area contributed by atoms with Crippen LogP contribution in [0.2, 0.25) is 0 Å². The number of hydrogen-bond donors (Lipinski definition) is 0. The molecule has 1 atom stereocenters. The minimum Gasteiger partial charge on any atom is -0.103 e. The third-order valence-corrected chi connectivity index (χ3v) is 7.68. The molecule has 0 spiro atoms. The van der Waals surface area contributed by atoms with Crippen molar-refractivity contribution < 1.29 is 0 Å². The average Bonchev–Trinajstić information content (AvgIpc) is 3.36. The van der Waals surface area contributed by atoms with Crippen LogP contribution in [-0.2, 0) is 10.8 Å². The molecule has 0 nitrogen and oxygen atoms in total.